The molecule has 3 nitrogen and oxygen atoms in total. The van der Waals surface area contributed by atoms with E-state index in [0.29, 0.717) is 0 Å². The van der Waals surface area contributed by atoms with Crippen LogP contribution in [0, 0.1) is 0 Å². The van der Waals surface area contributed by atoms with Gasteiger partial charge in [0.1, 0.15) is 33.5 Å². The van der Waals surface area contributed by atoms with Crippen LogP contribution in [0.15, 0.2) is 195 Å². The van der Waals surface area contributed by atoms with Crippen LogP contribution in [0.5, 0.6) is 0 Å². The maximum absolute atomic E-state index is 6.64. The van der Waals surface area contributed by atoms with Crippen LogP contribution < -0.4 is 0 Å². The second kappa shape index (κ2) is 11.5. The summed E-state index contributed by atoms with van der Waals surface area (Å²) >= 11 is 0. The van der Waals surface area contributed by atoms with Gasteiger partial charge >= 0.3 is 0 Å². The maximum Gasteiger partial charge on any atom is 0.143 e. The van der Waals surface area contributed by atoms with Gasteiger partial charge in [-0.3, -0.25) is 0 Å². The van der Waals surface area contributed by atoms with Crippen LogP contribution in [0.25, 0.3) is 132 Å². The molecular formula is C54H30O3. The summed E-state index contributed by atoms with van der Waals surface area (Å²) in [5, 5.41) is 13.9. The molecule has 0 aliphatic carbocycles. The molecule has 13 rings (SSSR count). The first-order valence-corrected chi connectivity index (χ1v) is 19.4. The van der Waals surface area contributed by atoms with Crippen molar-refractivity contribution in [2.75, 3.05) is 0 Å². The van der Waals surface area contributed by atoms with Gasteiger partial charge in [0, 0.05) is 43.9 Å². The van der Waals surface area contributed by atoms with Crippen LogP contribution in [-0.4, -0.2) is 0 Å². The largest absolute Gasteiger partial charge is 0.456 e. The van der Waals surface area contributed by atoms with E-state index in [4.69, 9.17) is 13.3 Å². The molecule has 0 saturated carbocycles. The molecule has 0 bridgehead atoms. The molecule has 0 N–H and O–H groups in total. The van der Waals surface area contributed by atoms with Crippen molar-refractivity contribution in [2.45, 2.75) is 0 Å². The van der Waals surface area contributed by atoms with Crippen molar-refractivity contribution in [2.24, 2.45) is 0 Å². The summed E-state index contributed by atoms with van der Waals surface area (Å²) in [4.78, 5) is 0. The molecule has 0 aliphatic rings. The number of hydrogen-bond donors (Lipinski definition) is 0. The van der Waals surface area contributed by atoms with Gasteiger partial charge in [-0.05, 0) is 96.5 Å². The Balaban J connectivity index is 0.977. The molecule has 0 spiro atoms. The molecule has 0 fully saturated rings. The van der Waals surface area contributed by atoms with Crippen LogP contribution in [0.4, 0.5) is 0 Å². The molecule has 264 valence electrons. The third-order valence-electron chi connectivity index (χ3n) is 12.1. The summed E-state index contributed by atoms with van der Waals surface area (Å²) in [6, 6.07) is 65.0. The van der Waals surface area contributed by atoms with Gasteiger partial charge < -0.3 is 13.3 Å². The molecule has 0 unspecified atom stereocenters. The molecule has 0 radical (unpaired) electrons. The average Bonchev–Trinajstić information content (AvgIpc) is 3.94. The van der Waals surface area contributed by atoms with E-state index in [9.17, 15) is 0 Å². The van der Waals surface area contributed by atoms with Crippen molar-refractivity contribution < 1.29 is 13.3 Å². The molecule has 3 aromatic heterocycles. The van der Waals surface area contributed by atoms with Crippen LogP contribution >= 0.6 is 0 Å². The highest BCUT2D eigenvalue weighted by atomic mass is 16.3. The Hall–Kier alpha value is -7.62. The van der Waals surface area contributed by atoms with Gasteiger partial charge in [-0.15, -0.1) is 0 Å². The van der Waals surface area contributed by atoms with E-state index in [2.05, 4.69) is 164 Å². The van der Waals surface area contributed by atoms with Crippen LogP contribution in [0.1, 0.15) is 0 Å². The lowest BCUT2D eigenvalue weighted by Gasteiger charge is -2.18. The zero-order valence-corrected chi connectivity index (χ0v) is 30.5. The Kier molecular flexibility index (Phi) is 6.16. The van der Waals surface area contributed by atoms with Crippen LogP contribution in [0.2, 0.25) is 0 Å². The minimum atomic E-state index is 0.816. The van der Waals surface area contributed by atoms with Gasteiger partial charge in [0.25, 0.3) is 0 Å². The smallest absolute Gasteiger partial charge is 0.143 e. The minimum Gasteiger partial charge on any atom is -0.456 e. The number of rotatable bonds is 3. The number of hydrogen-bond acceptors (Lipinski definition) is 3. The maximum atomic E-state index is 6.64. The van der Waals surface area contributed by atoms with Gasteiger partial charge in [0.15, 0.2) is 0 Å². The SMILES string of the molecule is c1ccc2c(-c3c4ccccc4c(-c4ccc5c(c4)oc4ccc(-c6cccc7c6oc6cc8oc9ccccc9c8cc67)cc45)c4ccccc34)cccc2c1. The fraction of sp³-hybridized carbons (Fsp3) is 0. The number of para-hydroxylation sites is 2. The molecule has 13 aromatic rings. The second-order valence-corrected chi connectivity index (χ2v) is 15.1. The summed E-state index contributed by atoms with van der Waals surface area (Å²) in [6.45, 7) is 0. The van der Waals surface area contributed by atoms with E-state index in [1.807, 2.05) is 18.2 Å². The highest BCUT2D eigenvalue weighted by Gasteiger charge is 2.20. The number of benzene rings is 10. The third kappa shape index (κ3) is 4.37. The quantitative estimate of drug-likeness (QED) is 0.170. The van der Waals surface area contributed by atoms with Crippen LogP contribution in [-0.2, 0) is 0 Å². The zero-order chi connectivity index (χ0) is 37.2. The first kappa shape index (κ1) is 30.7. The molecular weight excluding hydrogens is 697 g/mol. The van der Waals surface area contributed by atoms with Gasteiger partial charge in [0.2, 0.25) is 0 Å². The lowest BCUT2D eigenvalue weighted by Crippen LogP contribution is -1.91. The Bertz CT molecular complexity index is 3750. The fourth-order valence-corrected chi connectivity index (χ4v) is 9.52. The Labute approximate surface area is 325 Å². The van der Waals surface area contributed by atoms with E-state index in [1.54, 1.807) is 0 Å². The molecule has 0 amide bonds. The minimum absolute atomic E-state index is 0.816. The topological polar surface area (TPSA) is 39.4 Å². The molecule has 57 heavy (non-hydrogen) atoms. The number of furan rings is 3. The van der Waals surface area contributed by atoms with Gasteiger partial charge in [-0.2, -0.15) is 0 Å². The van der Waals surface area contributed by atoms with Gasteiger partial charge in [0.05, 0.1) is 0 Å². The van der Waals surface area contributed by atoms with Gasteiger partial charge in [-0.25, -0.2) is 0 Å². The molecule has 0 saturated heterocycles. The lowest BCUT2D eigenvalue weighted by molar-refractivity contribution is 0.656. The van der Waals surface area contributed by atoms with Crippen molar-refractivity contribution >= 4 is 98.1 Å². The van der Waals surface area contributed by atoms with Crippen molar-refractivity contribution in [1.82, 2.24) is 0 Å². The Morgan fingerprint density at radius 3 is 1.58 bits per heavy atom. The Morgan fingerprint density at radius 2 is 0.772 bits per heavy atom. The summed E-state index contributed by atoms with van der Waals surface area (Å²) in [5.74, 6) is 0. The highest BCUT2D eigenvalue weighted by Crippen LogP contribution is 2.47. The predicted octanol–water partition coefficient (Wildman–Crippen LogP) is 15.8. The summed E-state index contributed by atoms with van der Waals surface area (Å²) < 4.78 is 19.5. The lowest BCUT2D eigenvalue weighted by atomic mass is 9.84. The summed E-state index contributed by atoms with van der Waals surface area (Å²) in [6.07, 6.45) is 0. The summed E-state index contributed by atoms with van der Waals surface area (Å²) in [5.41, 5.74) is 12.1. The first-order chi connectivity index (χ1) is 28.2. The van der Waals surface area contributed by atoms with Crippen molar-refractivity contribution in [3.05, 3.63) is 182 Å². The van der Waals surface area contributed by atoms with Crippen molar-refractivity contribution in [3.8, 4) is 33.4 Å². The van der Waals surface area contributed by atoms with E-state index in [0.717, 1.165) is 82.5 Å². The molecule has 0 aliphatic heterocycles. The molecule has 3 heteroatoms. The van der Waals surface area contributed by atoms with Crippen molar-refractivity contribution in [3.63, 3.8) is 0 Å². The van der Waals surface area contributed by atoms with E-state index < -0.39 is 0 Å². The molecule has 3 heterocycles. The van der Waals surface area contributed by atoms with Gasteiger partial charge in [-0.1, -0.05) is 140 Å². The Morgan fingerprint density at radius 1 is 0.246 bits per heavy atom. The third-order valence-corrected chi connectivity index (χ3v) is 12.1. The highest BCUT2D eigenvalue weighted by molar-refractivity contribution is 6.24. The fourth-order valence-electron chi connectivity index (χ4n) is 9.52. The number of fused-ring (bicyclic) bond motifs is 12. The molecule has 10 aromatic carbocycles. The summed E-state index contributed by atoms with van der Waals surface area (Å²) in [7, 11) is 0. The van der Waals surface area contributed by atoms with Crippen LogP contribution in [0.3, 0.4) is 0 Å². The standard InChI is InChI=1S/C54H30O3/c1-2-13-34-31(11-1)12-9-20-38(34)53-41-17-5-3-15-39(41)52(40-16-4-6-18-42(40)53)33-23-25-37-44-27-32(24-26-48(44)56-49(37)28-33)35-19-10-21-43-46-29-45-36-14-7-8-22-47(36)55-50(45)30-51(46)57-54(35)43/h1-30H. The van der Waals surface area contributed by atoms with E-state index in [1.165, 1.54) is 49.0 Å². The zero-order valence-electron chi connectivity index (χ0n) is 30.5. The average molecular weight is 727 g/mol. The predicted molar refractivity (Wildman–Crippen MR) is 237 cm³/mol. The van der Waals surface area contributed by atoms with E-state index in [-0.39, 0.29) is 0 Å². The van der Waals surface area contributed by atoms with E-state index >= 15 is 0 Å². The first-order valence-electron chi connectivity index (χ1n) is 19.4. The molecule has 0 atom stereocenters. The normalized spacial score (nSPS) is 12.2. The monoisotopic (exact) mass is 726 g/mol. The van der Waals surface area contributed by atoms with Crippen molar-refractivity contribution in [1.29, 1.82) is 0 Å². The second-order valence-electron chi connectivity index (χ2n) is 15.1.